The summed E-state index contributed by atoms with van der Waals surface area (Å²) in [6.45, 7) is 1.52. The number of nitrogens with zero attached hydrogens (tertiary/aromatic N) is 3. The first-order valence-electron chi connectivity index (χ1n) is 9.63. The summed E-state index contributed by atoms with van der Waals surface area (Å²) in [5, 5.41) is 8.20. The first-order chi connectivity index (χ1) is 13.7. The van der Waals surface area contributed by atoms with Gasteiger partial charge in [-0.3, -0.25) is 4.79 Å². The minimum atomic E-state index is -0.0783. The number of methoxy groups -OCH3 is 1. The summed E-state index contributed by atoms with van der Waals surface area (Å²) >= 11 is 0. The Morgan fingerprint density at radius 3 is 2.46 bits per heavy atom. The van der Waals surface area contributed by atoms with Gasteiger partial charge in [-0.25, -0.2) is 0 Å². The molecule has 1 N–H and O–H groups in total. The molecule has 0 atom stereocenters. The van der Waals surface area contributed by atoms with Crippen LogP contribution in [0.15, 0.2) is 54.6 Å². The van der Waals surface area contributed by atoms with Gasteiger partial charge >= 0.3 is 0 Å². The molecule has 0 radical (unpaired) electrons. The predicted octanol–water partition coefficient (Wildman–Crippen LogP) is 3.58. The Bertz CT molecular complexity index is 913. The van der Waals surface area contributed by atoms with Gasteiger partial charge in [0.25, 0.3) is 5.91 Å². The zero-order valence-electron chi connectivity index (χ0n) is 16.0. The highest BCUT2D eigenvalue weighted by Gasteiger charge is 2.26. The summed E-state index contributed by atoms with van der Waals surface area (Å²) in [4.78, 5) is 17.7. The number of amides is 1. The standard InChI is InChI=1S/C22H24N4O2/c1-28-19-9-7-18(8-10-19)20-23-21(25-24-20)22(27)26-13-11-17(12-14-26)15-16-5-3-2-4-6-16/h2-10,17H,11-15H2,1H3,(H,23,24,25). The molecule has 0 spiro atoms. The molecule has 1 aliphatic rings. The third kappa shape index (κ3) is 4.06. The highest BCUT2D eigenvalue weighted by atomic mass is 16.5. The molecule has 28 heavy (non-hydrogen) atoms. The Kier molecular flexibility index (Phi) is 5.37. The van der Waals surface area contributed by atoms with Gasteiger partial charge in [0.15, 0.2) is 5.82 Å². The van der Waals surface area contributed by atoms with Gasteiger partial charge in [0.2, 0.25) is 5.82 Å². The van der Waals surface area contributed by atoms with Crippen molar-refractivity contribution in [3.05, 3.63) is 66.0 Å². The van der Waals surface area contributed by atoms with Crippen LogP contribution >= 0.6 is 0 Å². The van der Waals surface area contributed by atoms with E-state index in [0.29, 0.717) is 17.6 Å². The fourth-order valence-corrected chi connectivity index (χ4v) is 3.67. The molecule has 2 heterocycles. The number of aromatic amines is 1. The minimum absolute atomic E-state index is 0.0783. The van der Waals surface area contributed by atoms with E-state index in [1.54, 1.807) is 7.11 Å². The van der Waals surface area contributed by atoms with Crippen molar-refractivity contribution in [2.24, 2.45) is 5.92 Å². The quantitative estimate of drug-likeness (QED) is 0.739. The Labute approximate surface area is 164 Å². The number of H-pyrrole nitrogens is 1. The Morgan fingerprint density at radius 2 is 1.79 bits per heavy atom. The number of hydrogen-bond donors (Lipinski definition) is 1. The molecule has 4 rings (SSSR count). The Morgan fingerprint density at radius 1 is 1.07 bits per heavy atom. The minimum Gasteiger partial charge on any atom is -0.497 e. The molecule has 6 nitrogen and oxygen atoms in total. The third-order valence-corrected chi connectivity index (χ3v) is 5.32. The summed E-state index contributed by atoms with van der Waals surface area (Å²) in [6.07, 6.45) is 3.10. The van der Waals surface area contributed by atoms with E-state index in [-0.39, 0.29) is 5.91 Å². The van der Waals surface area contributed by atoms with E-state index in [0.717, 1.165) is 43.7 Å². The molecule has 2 aromatic carbocycles. The lowest BCUT2D eigenvalue weighted by atomic mass is 9.90. The summed E-state index contributed by atoms with van der Waals surface area (Å²) < 4.78 is 5.17. The van der Waals surface area contributed by atoms with Crippen molar-refractivity contribution < 1.29 is 9.53 Å². The van der Waals surface area contributed by atoms with Crippen molar-refractivity contribution in [3.8, 4) is 17.1 Å². The second-order valence-electron chi connectivity index (χ2n) is 7.18. The van der Waals surface area contributed by atoms with Crippen LogP contribution in [-0.4, -0.2) is 46.2 Å². The molecule has 0 bridgehead atoms. The maximum absolute atomic E-state index is 12.8. The highest BCUT2D eigenvalue weighted by Crippen LogP contribution is 2.23. The van der Waals surface area contributed by atoms with Crippen LogP contribution in [-0.2, 0) is 6.42 Å². The van der Waals surface area contributed by atoms with E-state index < -0.39 is 0 Å². The molecule has 0 saturated carbocycles. The smallest absolute Gasteiger partial charge is 0.291 e. The average molecular weight is 376 g/mol. The highest BCUT2D eigenvalue weighted by molar-refractivity contribution is 5.91. The number of nitrogens with one attached hydrogen (secondary N) is 1. The molecule has 1 fully saturated rings. The third-order valence-electron chi connectivity index (χ3n) is 5.32. The molecule has 1 aromatic heterocycles. The first-order valence-corrected chi connectivity index (χ1v) is 9.63. The monoisotopic (exact) mass is 376 g/mol. The Balaban J connectivity index is 1.36. The SMILES string of the molecule is COc1ccc(-c2nnc(C(=O)N3CCC(Cc4ccccc4)CC3)[nH]2)cc1. The number of aromatic nitrogens is 3. The number of likely N-dealkylation sites (tertiary alicyclic amines) is 1. The number of carbonyl (C=O) groups excluding carboxylic acids is 1. The van der Waals surface area contributed by atoms with E-state index in [1.807, 2.05) is 35.2 Å². The van der Waals surface area contributed by atoms with E-state index in [4.69, 9.17) is 4.74 Å². The fraction of sp³-hybridized carbons (Fsp3) is 0.318. The largest absolute Gasteiger partial charge is 0.497 e. The zero-order chi connectivity index (χ0) is 19.3. The molecular weight excluding hydrogens is 352 g/mol. The lowest BCUT2D eigenvalue weighted by molar-refractivity contribution is 0.0678. The number of carbonyl (C=O) groups is 1. The zero-order valence-corrected chi connectivity index (χ0v) is 16.0. The van der Waals surface area contributed by atoms with Crippen LogP contribution < -0.4 is 4.74 Å². The van der Waals surface area contributed by atoms with Gasteiger partial charge in [0.1, 0.15) is 5.75 Å². The summed E-state index contributed by atoms with van der Waals surface area (Å²) in [7, 11) is 1.63. The lowest BCUT2D eigenvalue weighted by Gasteiger charge is -2.31. The van der Waals surface area contributed by atoms with Crippen molar-refractivity contribution in [1.82, 2.24) is 20.1 Å². The van der Waals surface area contributed by atoms with Crippen molar-refractivity contribution in [1.29, 1.82) is 0 Å². The van der Waals surface area contributed by atoms with Gasteiger partial charge in [-0.2, -0.15) is 0 Å². The topological polar surface area (TPSA) is 71.1 Å². The van der Waals surface area contributed by atoms with Crippen molar-refractivity contribution in [2.75, 3.05) is 20.2 Å². The molecule has 1 saturated heterocycles. The van der Waals surface area contributed by atoms with Gasteiger partial charge in [-0.05, 0) is 55.0 Å². The van der Waals surface area contributed by atoms with Crippen LogP contribution in [0.1, 0.15) is 29.0 Å². The van der Waals surface area contributed by atoms with Crippen LogP contribution in [0.3, 0.4) is 0 Å². The van der Waals surface area contributed by atoms with Crippen LogP contribution in [0, 0.1) is 5.92 Å². The second kappa shape index (κ2) is 8.25. The van der Waals surface area contributed by atoms with Gasteiger partial charge < -0.3 is 14.6 Å². The normalized spacial score (nSPS) is 14.8. The number of ether oxygens (including phenoxy) is 1. The van der Waals surface area contributed by atoms with Crippen LogP contribution in [0.4, 0.5) is 0 Å². The Hall–Kier alpha value is -3.15. The van der Waals surface area contributed by atoms with Gasteiger partial charge in [-0.1, -0.05) is 30.3 Å². The van der Waals surface area contributed by atoms with Gasteiger partial charge in [0.05, 0.1) is 7.11 Å². The summed E-state index contributed by atoms with van der Waals surface area (Å²) in [5.74, 6) is 2.21. The number of piperidine rings is 1. The maximum atomic E-state index is 12.8. The molecule has 6 heteroatoms. The fourth-order valence-electron chi connectivity index (χ4n) is 3.67. The van der Waals surface area contributed by atoms with Crippen LogP contribution in [0.5, 0.6) is 5.75 Å². The number of hydrogen-bond acceptors (Lipinski definition) is 4. The van der Waals surface area contributed by atoms with Crippen molar-refractivity contribution >= 4 is 5.91 Å². The van der Waals surface area contributed by atoms with Crippen LogP contribution in [0.2, 0.25) is 0 Å². The van der Waals surface area contributed by atoms with Crippen LogP contribution in [0.25, 0.3) is 11.4 Å². The van der Waals surface area contributed by atoms with E-state index >= 15 is 0 Å². The van der Waals surface area contributed by atoms with Crippen molar-refractivity contribution in [2.45, 2.75) is 19.3 Å². The van der Waals surface area contributed by atoms with Gasteiger partial charge in [-0.15, -0.1) is 10.2 Å². The molecule has 144 valence electrons. The molecule has 3 aromatic rings. The molecular formula is C22H24N4O2. The predicted molar refractivity (Wildman–Crippen MR) is 107 cm³/mol. The average Bonchev–Trinajstić information content (AvgIpc) is 3.25. The number of rotatable bonds is 5. The molecule has 0 unspecified atom stereocenters. The summed E-state index contributed by atoms with van der Waals surface area (Å²) in [6, 6.07) is 18.1. The molecule has 1 aliphatic heterocycles. The van der Waals surface area contributed by atoms with E-state index in [9.17, 15) is 4.79 Å². The second-order valence-corrected chi connectivity index (χ2v) is 7.18. The van der Waals surface area contributed by atoms with Crippen molar-refractivity contribution in [3.63, 3.8) is 0 Å². The maximum Gasteiger partial charge on any atom is 0.291 e. The number of benzene rings is 2. The molecule has 1 amide bonds. The van der Waals surface area contributed by atoms with E-state index in [2.05, 4.69) is 39.4 Å². The van der Waals surface area contributed by atoms with E-state index in [1.165, 1.54) is 5.56 Å². The first kappa shape index (κ1) is 18.2. The summed E-state index contributed by atoms with van der Waals surface area (Å²) in [5.41, 5.74) is 2.24. The molecule has 0 aliphatic carbocycles. The van der Waals surface area contributed by atoms with Gasteiger partial charge in [0, 0.05) is 18.7 Å². The lowest BCUT2D eigenvalue weighted by Crippen LogP contribution is -2.39.